The van der Waals surface area contributed by atoms with Gasteiger partial charge in [0.2, 0.25) is 0 Å². The molecule has 1 amide bonds. The number of rotatable bonds is 4. The molecule has 2 rings (SSSR count). The number of likely N-dealkylation sites (tertiary alicyclic amines) is 1. The summed E-state index contributed by atoms with van der Waals surface area (Å²) in [5.74, 6) is 0.0679. The van der Waals surface area contributed by atoms with Gasteiger partial charge in [-0.25, -0.2) is 4.98 Å². The third kappa shape index (κ3) is 3.54. The number of aromatic nitrogens is 1. The Morgan fingerprint density at radius 3 is 2.74 bits per heavy atom. The molecule has 4 nitrogen and oxygen atoms in total. The first-order chi connectivity index (χ1) is 9.11. The highest BCUT2D eigenvalue weighted by molar-refractivity contribution is 7.09. The Morgan fingerprint density at radius 1 is 1.53 bits per heavy atom. The van der Waals surface area contributed by atoms with Crippen molar-refractivity contribution in [2.75, 3.05) is 26.7 Å². The molecular weight excluding hydrogens is 258 g/mol. The van der Waals surface area contributed by atoms with Crippen molar-refractivity contribution in [2.24, 2.45) is 0 Å². The number of thiazole rings is 1. The first kappa shape index (κ1) is 14.5. The van der Waals surface area contributed by atoms with Crippen LogP contribution in [-0.4, -0.2) is 53.4 Å². The Bertz CT molecular complexity index is 424. The lowest BCUT2D eigenvalue weighted by atomic mass is 10.0. The maximum absolute atomic E-state index is 12.3. The maximum atomic E-state index is 12.3. The smallest absolute Gasteiger partial charge is 0.273 e. The van der Waals surface area contributed by atoms with E-state index in [0.717, 1.165) is 30.9 Å². The van der Waals surface area contributed by atoms with Gasteiger partial charge in [-0.2, -0.15) is 0 Å². The van der Waals surface area contributed by atoms with Crippen LogP contribution in [0.3, 0.4) is 0 Å². The zero-order valence-electron chi connectivity index (χ0n) is 12.1. The molecule has 1 aliphatic rings. The Hall–Kier alpha value is -0.940. The minimum Gasteiger partial charge on any atom is -0.337 e. The van der Waals surface area contributed by atoms with Crippen LogP contribution in [0.25, 0.3) is 0 Å². The van der Waals surface area contributed by atoms with Crippen molar-refractivity contribution < 1.29 is 4.79 Å². The molecule has 1 aliphatic heterocycles. The molecule has 0 saturated carbocycles. The number of carbonyl (C=O) groups excluding carboxylic acids is 1. The number of amides is 1. The van der Waals surface area contributed by atoms with E-state index in [9.17, 15) is 4.79 Å². The summed E-state index contributed by atoms with van der Waals surface area (Å²) in [6.07, 6.45) is 3.36. The molecule has 1 fully saturated rings. The van der Waals surface area contributed by atoms with Crippen molar-refractivity contribution >= 4 is 17.2 Å². The molecule has 0 unspecified atom stereocenters. The highest BCUT2D eigenvalue weighted by Crippen LogP contribution is 2.18. The van der Waals surface area contributed by atoms with Gasteiger partial charge in [0.25, 0.3) is 5.91 Å². The lowest BCUT2D eigenvalue weighted by molar-refractivity contribution is 0.0637. The summed E-state index contributed by atoms with van der Waals surface area (Å²) in [6.45, 7) is 7.53. The standard InChI is InChI=1S/C14H23N3OS/c1-4-7-17-8-5-12(6-9-17)16(3)14(18)13-10-19-11(2)15-13/h10,12H,4-9H2,1-3H3. The monoisotopic (exact) mass is 281 g/mol. The highest BCUT2D eigenvalue weighted by Gasteiger charge is 2.26. The first-order valence-electron chi connectivity index (χ1n) is 7.03. The van der Waals surface area contributed by atoms with E-state index in [0.29, 0.717) is 11.7 Å². The Kier molecular flexibility index (Phi) is 4.93. The van der Waals surface area contributed by atoms with E-state index in [4.69, 9.17) is 0 Å². The van der Waals surface area contributed by atoms with Crippen LogP contribution in [0.5, 0.6) is 0 Å². The lowest BCUT2D eigenvalue weighted by Crippen LogP contribution is -2.45. The highest BCUT2D eigenvalue weighted by atomic mass is 32.1. The van der Waals surface area contributed by atoms with Crippen molar-refractivity contribution in [3.8, 4) is 0 Å². The number of carbonyl (C=O) groups is 1. The van der Waals surface area contributed by atoms with Gasteiger partial charge in [-0.1, -0.05) is 6.92 Å². The summed E-state index contributed by atoms with van der Waals surface area (Å²) in [6, 6.07) is 0.364. The Morgan fingerprint density at radius 2 is 2.21 bits per heavy atom. The topological polar surface area (TPSA) is 36.4 Å². The number of hydrogen-bond donors (Lipinski definition) is 0. The van der Waals surface area contributed by atoms with E-state index in [1.54, 1.807) is 0 Å². The van der Waals surface area contributed by atoms with Crippen molar-refractivity contribution in [3.05, 3.63) is 16.1 Å². The quantitative estimate of drug-likeness (QED) is 0.850. The molecule has 0 N–H and O–H groups in total. The van der Waals surface area contributed by atoms with E-state index in [1.165, 1.54) is 24.3 Å². The second-order valence-electron chi connectivity index (χ2n) is 5.24. The van der Waals surface area contributed by atoms with Gasteiger partial charge in [-0.05, 0) is 32.7 Å². The molecule has 2 heterocycles. The van der Waals surface area contributed by atoms with Gasteiger partial charge >= 0.3 is 0 Å². The van der Waals surface area contributed by atoms with Gasteiger partial charge in [0.15, 0.2) is 0 Å². The molecule has 0 aliphatic carbocycles. The van der Waals surface area contributed by atoms with Crippen LogP contribution in [0, 0.1) is 6.92 Å². The molecule has 5 heteroatoms. The fraction of sp³-hybridized carbons (Fsp3) is 0.714. The SMILES string of the molecule is CCCN1CCC(N(C)C(=O)c2csc(C)n2)CC1. The molecule has 19 heavy (non-hydrogen) atoms. The van der Waals surface area contributed by atoms with Gasteiger partial charge in [0.1, 0.15) is 5.69 Å². The van der Waals surface area contributed by atoms with Gasteiger partial charge in [-0.15, -0.1) is 11.3 Å². The van der Waals surface area contributed by atoms with E-state index in [-0.39, 0.29) is 5.91 Å². The van der Waals surface area contributed by atoms with E-state index in [2.05, 4.69) is 16.8 Å². The van der Waals surface area contributed by atoms with E-state index >= 15 is 0 Å². The van der Waals surface area contributed by atoms with Crippen LogP contribution in [0.15, 0.2) is 5.38 Å². The van der Waals surface area contributed by atoms with Crippen molar-refractivity contribution in [1.29, 1.82) is 0 Å². The maximum Gasteiger partial charge on any atom is 0.273 e. The van der Waals surface area contributed by atoms with Gasteiger partial charge < -0.3 is 9.80 Å². The van der Waals surface area contributed by atoms with Gasteiger partial charge in [0.05, 0.1) is 5.01 Å². The van der Waals surface area contributed by atoms with Gasteiger partial charge in [-0.3, -0.25) is 4.79 Å². The second-order valence-corrected chi connectivity index (χ2v) is 6.30. The molecule has 106 valence electrons. The van der Waals surface area contributed by atoms with Crippen LogP contribution in [0.4, 0.5) is 0 Å². The number of aryl methyl sites for hydroxylation is 1. The lowest BCUT2D eigenvalue weighted by Gasteiger charge is -2.36. The molecule has 0 atom stereocenters. The van der Waals surface area contributed by atoms with E-state index in [1.807, 2.05) is 24.3 Å². The normalized spacial score (nSPS) is 17.6. The van der Waals surface area contributed by atoms with Crippen LogP contribution >= 0.6 is 11.3 Å². The number of piperidine rings is 1. The van der Waals surface area contributed by atoms with Crippen molar-refractivity contribution in [1.82, 2.24) is 14.8 Å². The van der Waals surface area contributed by atoms with Crippen LogP contribution in [0.1, 0.15) is 41.7 Å². The summed E-state index contributed by atoms with van der Waals surface area (Å²) in [4.78, 5) is 21.0. The molecule has 0 aromatic carbocycles. The number of hydrogen-bond acceptors (Lipinski definition) is 4. The third-order valence-electron chi connectivity index (χ3n) is 3.80. The van der Waals surface area contributed by atoms with Crippen LogP contribution in [-0.2, 0) is 0 Å². The predicted octanol–water partition coefficient (Wildman–Crippen LogP) is 2.40. The summed E-state index contributed by atoms with van der Waals surface area (Å²) >= 11 is 1.54. The Balaban J connectivity index is 1.90. The summed E-state index contributed by atoms with van der Waals surface area (Å²) in [5.41, 5.74) is 0.598. The average molecular weight is 281 g/mol. The van der Waals surface area contributed by atoms with Crippen molar-refractivity contribution in [3.63, 3.8) is 0 Å². The summed E-state index contributed by atoms with van der Waals surface area (Å²) in [5, 5.41) is 2.81. The molecule has 0 bridgehead atoms. The summed E-state index contributed by atoms with van der Waals surface area (Å²) < 4.78 is 0. The van der Waals surface area contributed by atoms with Crippen molar-refractivity contribution in [2.45, 2.75) is 39.2 Å². The zero-order chi connectivity index (χ0) is 13.8. The molecule has 0 radical (unpaired) electrons. The van der Waals surface area contributed by atoms with Crippen LogP contribution < -0.4 is 0 Å². The fourth-order valence-corrected chi connectivity index (χ4v) is 3.24. The third-order valence-corrected chi connectivity index (χ3v) is 4.58. The largest absolute Gasteiger partial charge is 0.337 e. The number of nitrogens with zero attached hydrogens (tertiary/aromatic N) is 3. The van der Waals surface area contributed by atoms with E-state index < -0.39 is 0 Å². The average Bonchev–Trinajstić information content (AvgIpc) is 2.85. The minimum absolute atomic E-state index is 0.0679. The molecule has 1 saturated heterocycles. The molecule has 1 aromatic rings. The first-order valence-corrected chi connectivity index (χ1v) is 7.91. The molecule has 1 aromatic heterocycles. The second kappa shape index (κ2) is 6.48. The molecular formula is C14H23N3OS. The van der Waals surface area contributed by atoms with Gasteiger partial charge in [0, 0.05) is 31.6 Å². The molecule has 0 spiro atoms. The summed E-state index contributed by atoms with van der Waals surface area (Å²) in [7, 11) is 1.91. The minimum atomic E-state index is 0.0679. The zero-order valence-corrected chi connectivity index (χ0v) is 12.9. The Labute approximate surface area is 119 Å². The fourth-order valence-electron chi connectivity index (χ4n) is 2.65. The van der Waals surface area contributed by atoms with Crippen LogP contribution in [0.2, 0.25) is 0 Å². The predicted molar refractivity (Wildman–Crippen MR) is 78.7 cm³/mol.